The van der Waals surface area contributed by atoms with Crippen molar-refractivity contribution < 1.29 is 5.11 Å². The molecular formula is C30H47NO. The minimum absolute atomic E-state index is 0.0712. The molecule has 0 saturated heterocycles. The van der Waals surface area contributed by atoms with Crippen molar-refractivity contribution in [3.63, 3.8) is 0 Å². The molecule has 0 radical (unpaired) electrons. The van der Waals surface area contributed by atoms with Crippen LogP contribution in [0.3, 0.4) is 0 Å². The SMILES string of the molecule is CCCCCCCCCCC(O)CCCCCCCc1ccc(Nc2ccccc2)cc1. The van der Waals surface area contributed by atoms with Gasteiger partial charge in [-0.2, -0.15) is 0 Å². The van der Waals surface area contributed by atoms with Crippen molar-refractivity contribution in [1.82, 2.24) is 0 Å². The molecule has 0 aromatic heterocycles. The summed E-state index contributed by atoms with van der Waals surface area (Å²) >= 11 is 0. The molecule has 0 bridgehead atoms. The highest BCUT2D eigenvalue weighted by Crippen LogP contribution is 2.18. The maximum atomic E-state index is 10.2. The standard InChI is InChI=1S/C30H47NO/c1-2-3-4-5-6-7-10-16-21-30(32)22-17-11-8-9-13-18-27-23-25-29(26-24-27)31-28-19-14-12-15-20-28/h12,14-15,19-20,23-26,30-32H,2-11,13,16-18,21-22H2,1H3. The zero-order chi connectivity index (χ0) is 22.7. The van der Waals surface area contributed by atoms with Gasteiger partial charge in [0, 0.05) is 11.4 Å². The lowest BCUT2D eigenvalue weighted by Crippen LogP contribution is -2.05. The van der Waals surface area contributed by atoms with Crippen molar-refractivity contribution in [2.75, 3.05) is 5.32 Å². The normalized spacial score (nSPS) is 12.1. The first kappa shape index (κ1) is 26.5. The van der Waals surface area contributed by atoms with Crippen molar-refractivity contribution in [1.29, 1.82) is 0 Å². The van der Waals surface area contributed by atoms with Gasteiger partial charge in [-0.15, -0.1) is 0 Å². The van der Waals surface area contributed by atoms with Crippen LogP contribution >= 0.6 is 0 Å². The van der Waals surface area contributed by atoms with Crippen LogP contribution in [0.4, 0.5) is 11.4 Å². The van der Waals surface area contributed by atoms with E-state index in [1.54, 1.807) is 0 Å². The van der Waals surface area contributed by atoms with Gasteiger partial charge in [0.2, 0.25) is 0 Å². The van der Waals surface area contributed by atoms with Crippen molar-refractivity contribution in [2.45, 2.75) is 116 Å². The molecule has 2 aromatic carbocycles. The van der Waals surface area contributed by atoms with Crippen LogP contribution < -0.4 is 5.32 Å². The third-order valence-electron chi connectivity index (χ3n) is 6.41. The maximum Gasteiger partial charge on any atom is 0.0540 e. The van der Waals surface area contributed by atoms with Crippen molar-refractivity contribution >= 4 is 11.4 Å². The van der Waals surface area contributed by atoms with Gasteiger partial charge >= 0.3 is 0 Å². The number of rotatable bonds is 19. The average molecular weight is 438 g/mol. The van der Waals surface area contributed by atoms with Crippen LogP contribution in [-0.4, -0.2) is 11.2 Å². The first-order valence-electron chi connectivity index (χ1n) is 13.4. The van der Waals surface area contributed by atoms with E-state index in [4.69, 9.17) is 0 Å². The molecule has 1 atom stereocenters. The number of aliphatic hydroxyl groups excluding tert-OH is 1. The molecule has 0 aliphatic carbocycles. The Morgan fingerprint density at radius 2 is 1.09 bits per heavy atom. The van der Waals surface area contributed by atoms with Crippen LogP contribution in [0.1, 0.15) is 109 Å². The predicted octanol–water partition coefficient (Wildman–Crippen LogP) is 9.21. The van der Waals surface area contributed by atoms with Crippen molar-refractivity contribution in [3.05, 3.63) is 60.2 Å². The van der Waals surface area contributed by atoms with Gasteiger partial charge in [0.1, 0.15) is 0 Å². The van der Waals surface area contributed by atoms with E-state index < -0.39 is 0 Å². The number of unbranched alkanes of at least 4 members (excludes halogenated alkanes) is 11. The van der Waals surface area contributed by atoms with Gasteiger partial charge in [-0.05, 0) is 55.5 Å². The maximum absolute atomic E-state index is 10.2. The van der Waals surface area contributed by atoms with Crippen LogP contribution in [0, 0.1) is 0 Å². The van der Waals surface area contributed by atoms with Gasteiger partial charge in [-0.3, -0.25) is 0 Å². The molecule has 0 fully saturated rings. The third-order valence-corrected chi connectivity index (χ3v) is 6.41. The Labute approximate surface area is 197 Å². The van der Waals surface area contributed by atoms with Gasteiger partial charge in [0.15, 0.2) is 0 Å². The number of para-hydroxylation sites is 1. The first-order chi connectivity index (χ1) is 15.8. The van der Waals surface area contributed by atoms with E-state index in [9.17, 15) is 5.11 Å². The first-order valence-corrected chi connectivity index (χ1v) is 13.4. The number of benzene rings is 2. The van der Waals surface area contributed by atoms with Crippen LogP contribution in [0.5, 0.6) is 0 Å². The fraction of sp³-hybridized carbons (Fsp3) is 0.600. The van der Waals surface area contributed by atoms with E-state index >= 15 is 0 Å². The Morgan fingerprint density at radius 1 is 0.594 bits per heavy atom. The summed E-state index contributed by atoms with van der Waals surface area (Å²) < 4.78 is 0. The predicted molar refractivity (Wildman–Crippen MR) is 141 cm³/mol. The molecule has 0 heterocycles. The zero-order valence-electron chi connectivity index (χ0n) is 20.5. The second-order valence-electron chi connectivity index (χ2n) is 9.41. The largest absolute Gasteiger partial charge is 0.393 e. The fourth-order valence-corrected chi connectivity index (χ4v) is 4.34. The summed E-state index contributed by atoms with van der Waals surface area (Å²) in [6.45, 7) is 2.27. The molecule has 178 valence electrons. The third kappa shape index (κ3) is 12.9. The molecule has 0 aliphatic heterocycles. The van der Waals surface area contributed by atoms with Crippen LogP contribution in [0.25, 0.3) is 0 Å². The monoisotopic (exact) mass is 437 g/mol. The Balaban J connectivity index is 1.41. The van der Waals surface area contributed by atoms with Gasteiger partial charge < -0.3 is 10.4 Å². The molecule has 1 unspecified atom stereocenters. The summed E-state index contributed by atoms with van der Waals surface area (Å²) in [6.07, 6.45) is 20.1. The number of hydrogen-bond donors (Lipinski definition) is 2. The fourth-order valence-electron chi connectivity index (χ4n) is 4.34. The minimum Gasteiger partial charge on any atom is -0.393 e. The molecule has 0 spiro atoms. The Hall–Kier alpha value is -1.80. The molecule has 2 rings (SSSR count). The highest BCUT2D eigenvalue weighted by atomic mass is 16.3. The van der Waals surface area contributed by atoms with Crippen LogP contribution in [-0.2, 0) is 6.42 Å². The lowest BCUT2D eigenvalue weighted by Gasteiger charge is -2.10. The molecular weight excluding hydrogens is 390 g/mol. The molecule has 0 saturated carbocycles. The van der Waals surface area contributed by atoms with E-state index in [0.29, 0.717) is 0 Å². The van der Waals surface area contributed by atoms with E-state index in [0.717, 1.165) is 30.6 Å². The summed E-state index contributed by atoms with van der Waals surface area (Å²) in [7, 11) is 0. The number of anilines is 2. The van der Waals surface area contributed by atoms with Crippen molar-refractivity contribution in [3.8, 4) is 0 Å². The van der Waals surface area contributed by atoms with Gasteiger partial charge in [-0.25, -0.2) is 0 Å². The Bertz CT molecular complexity index is 667. The van der Waals surface area contributed by atoms with Crippen LogP contribution in [0.2, 0.25) is 0 Å². The highest BCUT2D eigenvalue weighted by molar-refractivity contribution is 5.59. The zero-order valence-corrected chi connectivity index (χ0v) is 20.5. The van der Waals surface area contributed by atoms with E-state index in [-0.39, 0.29) is 6.10 Å². The molecule has 2 nitrogen and oxygen atoms in total. The summed E-state index contributed by atoms with van der Waals surface area (Å²) in [6, 6.07) is 19.1. The number of nitrogens with one attached hydrogen (secondary N) is 1. The minimum atomic E-state index is -0.0712. The summed E-state index contributed by atoms with van der Waals surface area (Å²) in [4.78, 5) is 0. The van der Waals surface area contributed by atoms with Gasteiger partial charge in [-0.1, -0.05) is 114 Å². The second-order valence-corrected chi connectivity index (χ2v) is 9.41. The molecule has 0 aliphatic rings. The lowest BCUT2D eigenvalue weighted by atomic mass is 10.0. The summed E-state index contributed by atoms with van der Waals surface area (Å²) in [5.74, 6) is 0. The van der Waals surface area contributed by atoms with E-state index in [1.807, 2.05) is 6.07 Å². The molecule has 2 heteroatoms. The topological polar surface area (TPSA) is 32.3 Å². The summed E-state index contributed by atoms with van der Waals surface area (Å²) in [5, 5.41) is 13.6. The van der Waals surface area contributed by atoms with Gasteiger partial charge in [0.05, 0.1) is 6.10 Å². The average Bonchev–Trinajstić information content (AvgIpc) is 2.82. The lowest BCUT2D eigenvalue weighted by molar-refractivity contribution is 0.147. The van der Waals surface area contributed by atoms with Crippen molar-refractivity contribution in [2.24, 2.45) is 0 Å². The number of aliphatic hydroxyl groups is 1. The smallest absolute Gasteiger partial charge is 0.0540 e. The Morgan fingerprint density at radius 3 is 1.69 bits per heavy atom. The molecule has 2 N–H and O–H groups in total. The van der Waals surface area contributed by atoms with Crippen LogP contribution in [0.15, 0.2) is 54.6 Å². The number of aryl methyl sites for hydroxylation is 1. The number of hydrogen-bond acceptors (Lipinski definition) is 2. The second kappa shape index (κ2) is 17.7. The molecule has 2 aromatic rings. The van der Waals surface area contributed by atoms with Gasteiger partial charge in [0.25, 0.3) is 0 Å². The van der Waals surface area contributed by atoms with E-state index in [2.05, 4.69) is 60.8 Å². The van der Waals surface area contributed by atoms with E-state index in [1.165, 1.54) is 89.0 Å². The Kier molecular flexibility index (Phi) is 14.6. The molecule has 0 amide bonds. The highest BCUT2D eigenvalue weighted by Gasteiger charge is 2.04. The molecule has 32 heavy (non-hydrogen) atoms. The quantitative estimate of drug-likeness (QED) is 0.215. The summed E-state index contributed by atoms with van der Waals surface area (Å²) in [5.41, 5.74) is 3.69.